The summed E-state index contributed by atoms with van der Waals surface area (Å²) in [6.07, 6.45) is 1.45. The molecular weight excluding hydrogens is 361 g/mol. The Labute approximate surface area is 160 Å². The molecule has 1 aromatic heterocycles. The van der Waals surface area contributed by atoms with Crippen molar-refractivity contribution in [1.29, 1.82) is 5.26 Å². The number of rotatable bonds is 4. The van der Waals surface area contributed by atoms with Crippen LogP contribution in [0.4, 0.5) is 10.1 Å². The van der Waals surface area contributed by atoms with E-state index >= 15 is 0 Å². The minimum Gasteiger partial charge on any atom is -0.321 e. The molecule has 6 heteroatoms. The molecule has 0 aliphatic carbocycles. The van der Waals surface area contributed by atoms with Crippen LogP contribution in [0.5, 0.6) is 0 Å². The Bertz CT molecular complexity index is 1040. The summed E-state index contributed by atoms with van der Waals surface area (Å²) in [5, 5.41) is 14.6. The van der Waals surface area contributed by atoms with Gasteiger partial charge < -0.3 is 5.32 Å². The van der Waals surface area contributed by atoms with Gasteiger partial charge in [0, 0.05) is 16.6 Å². The maximum absolute atomic E-state index is 13.0. The van der Waals surface area contributed by atoms with Gasteiger partial charge in [-0.15, -0.1) is 11.3 Å². The molecule has 4 nitrogen and oxygen atoms in total. The zero-order valence-electron chi connectivity index (χ0n) is 14.8. The zero-order chi connectivity index (χ0) is 19.4. The minimum atomic E-state index is -0.480. The molecule has 3 rings (SSSR count). The standard InChI is InChI=1S/C21H16FN3OS/c1-13-4-3-5-14(2)19(13)25-20(26)16(11-23)10-18-12-27-21(24-18)15-6-8-17(22)9-7-15/h3-10,12H,1-2H3,(H,25,26)/b16-10+. The lowest BCUT2D eigenvalue weighted by Gasteiger charge is -2.10. The van der Waals surface area contributed by atoms with Gasteiger partial charge in [0.1, 0.15) is 22.5 Å². The normalized spacial score (nSPS) is 11.1. The van der Waals surface area contributed by atoms with E-state index < -0.39 is 5.91 Å². The number of nitrogens with zero attached hydrogens (tertiary/aromatic N) is 2. The van der Waals surface area contributed by atoms with Crippen molar-refractivity contribution in [2.24, 2.45) is 0 Å². The summed E-state index contributed by atoms with van der Waals surface area (Å²) >= 11 is 1.36. The number of hydrogen-bond acceptors (Lipinski definition) is 4. The molecule has 1 N–H and O–H groups in total. The third kappa shape index (κ3) is 4.27. The number of aromatic nitrogens is 1. The van der Waals surface area contributed by atoms with Crippen molar-refractivity contribution in [3.63, 3.8) is 0 Å². The smallest absolute Gasteiger partial charge is 0.266 e. The number of hydrogen-bond donors (Lipinski definition) is 1. The second-order valence-corrected chi connectivity index (χ2v) is 6.83. The maximum Gasteiger partial charge on any atom is 0.266 e. The molecule has 0 fully saturated rings. The quantitative estimate of drug-likeness (QED) is 0.507. The van der Waals surface area contributed by atoms with Gasteiger partial charge in [0.15, 0.2) is 0 Å². The van der Waals surface area contributed by atoms with E-state index in [4.69, 9.17) is 0 Å². The third-order valence-corrected chi connectivity index (χ3v) is 4.90. The molecule has 0 saturated carbocycles. The van der Waals surface area contributed by atoms with Gasteiger partial charge in [0.2, 0.25) is 0 Å². The van der Waals surface area contributed by atoms with E-state index in [9.17, 15) is 14.4 Å². The number of amides is 1. The highest BCUT2D eigenvalue weighted by molar-refractivity contribution is 7.13. The zero-order valence-corrected chi connectivity index (χ0v) is 15.6. The highest BCUT2D eigenvalue weighted by Crippen LogP contribution is 2.25. The van der Waals surface area contributed by atoms with Crippen molar-refractivity contribution in [3.05, 3.63) is 76.1 Å². The number of benzene rings is 2. The lowest BCUT2D eigenvalue weighted by atomic mass is 10.1. The van der Waals surface area contributed by atoms with E-state index in [1.165, 1.54) is 29.5 Å². The van der Waals surface area contributed by atoms with Gasteiger partial charge in [-0.1, -0.05) is 18.2 Å². The summed E-state index contributed by atoms with van der Waals surface area (Å²) in [5.41, 5.74) is 3.80. The van der Waals surface area contributed by atoms with Crippen LogP contribution >= 0.6 is 11.3 Å². The van der Waals surface area contributed by atoms with Crippen LogP contribution in [0.1, 0.15) is 16.8 Å². The first kappa shape index (κ1) is 18.5. The predicted octanol–water partition coefficient (Wildman–Crippen LogP) is 5.11. The topological polar surface area (TPSA) is 65.8 Å². The van der Waals surface area contributed by atoms with Gasteiger partial charge in [0.25, 0.3) is 5.91 Å². The molecule has 134 valence electrons. The van der Waals surface area contributed by atoms with Gasteiger partial charge in [-0.25, -0.2) is 9.37 Å². The molecule has 0 bridgehead atoms. The number of aryl methyl sites for hydroxylation is 2. The molecule has 1 amide bonds. The van der Waals surface area contributed by atoms with Crippen LogP contribution in [0.15, 0.2) is 53.4 Å². The summed E-state index contributed by atoms with van der Waals surface area (Å²) < 4.78 is 13.0. The van der Waals surface area contributed by atoms with E-state index in [0.29, 0.717) is 16.4 Å². The number of nitriles is 1. The van der Waals surface area contributed by atoms with Crippen LogP contribution in [-0.4, -0.2) is 10.9 Å². The van der Waals surface area contributed by atoms with Crippen molar-refractivity contribution in [1.82, 2.24) is 4.98 Å². The molecular formula is C21H16FN3OS. The van der Waals surface area contributed by atoms with Crippen molar-refractivity contribution < 1.29 is 9.18 Å². The molecule has 0 saturated heterocycles. The van der Waals surface area contributed by atoms with E-state index in [1.807, 2.05) is 38.1 Å². The number of nitrogens with one attached hydrogen (secondary N) is 1. The molecule has 1 heterocycles. The van der Waals surface area contributed by atoms with Crippen LogP contribution in [0.2, 0.25) is 0 Å². The van der Waals surface area contributed by atoms with Gasteiger partial charge in [0.05, 0.1) is 5.69 Å². The van der Waals surface area contributed by atoms with Crippen molar-refractivity contribution in [2.75, 3.05) is 5.32 Å². The van der Waals surface area contributed by atoms with Gasteiger partial charge in [-0.3, -0.25) is 4.79 Å². The van der Waals surface area contributed by atoms with Crippen molar-refractivity contribution in [2.45, 2.75) is 13.8 Å². The Hall–Kier alpha value is -3.30. The van der Waals surface area contributed by atoms with E-state index in [-0.39, 0.29) is 11.4 Å². The molecule has 0 radical (unpaired) electrons. The Morgan fingerprint density at radius 3 is 2.48 bits per heavy atom. The molecule has 2 aromatic carbocycles. The summed E-state index contributed by atoms with van der Waals surface area (Å²) in [6.45, 7) is 3.79. The van der Waals surface area contributed by atoms with Gasteiger partial charge >= 0.3 is 0 Å². The molecule has 27 heavy (non-hydrogen) atoms. The lowest BCUT2D eigenvalue weighted by molar-refractivity contribution is -0.112. The predicted molar refractivity (Wildman–Crippen MR) is 106 cm³/mol. The number of anilines is 1. The summed E-state index contributed by atoms with van der Waals surface area (Å²) in [6, 6.07) is 13.6. The first-order chi connectivity index (χ1) is 13.0. The second-order valence-electron chi connectivity index (χ2n) is 5.98. The maximum atomic E-state index is 13.0. The third-order valence-electron chi connectivity index (χ3n) is 3.99. The second kappa shape index (κ2) is 7.94. The monoisotopic (exact) mass is 377 g/mol. The van der Waals surface area contributed by atoms with Gasteiger partial charge in [-0.2, -0.15) is 5.26 Å². The fourth-order valence-corrected chi connectivity index (χ4v) is 3.35. The van der Waals surface area contributed by atoms with Crippen molar-refractivity contribution in [3.8, 4) is 16.6 Å². The van der Waals surface area contributed by atoms with Crippen LogP contribution in [0.3, 0.4) is 0 Å². The highest BCUT2D eigenvalue weighted by Gasteiger charge is 2.13. The average Bonchev–Trinajstić information content (AvgIpc) is 3.12. The van der Waals surface area contributed by atoms with Crippen LogP contribution < -0.4 is 5.32 Å². The minimum absolute atomic E-state index is 0.0337. The average molecular weight is 377 g/mol. The Morgan fingerprint density at radius 2 is 1.85 bits per heavy atom. The fraction of sp³-hybridized carbons (Fsp3) is 0.0952. The van der Waals surface area contributed by atoms with Crippen LogP contribution in [0, 0.1) is 31.0 Å². The summed E-state index contributed by atoms with van der Waals surface area (Å²) in [5.74, 6) is -0.795. The first-order valence-corrected chi connectivity index (χ1v) is 9.06. The largest absolute Gasteiger partial charge is 0.321 e. The number of para-hydroxylation sites is 1. The number of carbonyl (C=O) groups is 1. The fourth-order valence-electron chi connectivity index (χ4n) is 2.57. The van der Waals surface area contributed by atoms with Crippen LogP contribution in [0.25, 0.3) is 16.6 Å². The number of carbonyl (C=O) groups excluding carboxylic acids is 1. The van der Waals surface area contributed by atoms with E-state index in [1.54, 1.807) is 17.5 Å². The lowest BCUT2D eigenvalue weighted by Crippen LogP contribution is -2.15. The molecule has 3 aromatic rings. The van der Waals surface area contributed by atoms with E-state index in [2.05, 4.69) is 10.3 Å². The Kier molecular flexibility index (Phi) is 5.43. The number of halogens is 1. The van der Waals surface area contributed by atoms with E-state index in [0.717, 1.165) is 16.7 Å². The first-order valence-electron chi connectivity index (χ1n) is 8.19. The number of thiazole rings is 1. The molecule has 0 aliphatic heterocycles. The summed E-state index contributed by atoms with van der Waals surface area (Å²) in [4.78, 5) is 16.9. The SMILES string of the molecule is Cc1cccc(C)c1NC(=O)/C(C#N)=C/c1csc(-c2ccc(F)cc2)n1. The molecule has 0 spiro atoms. The van der Waals surface area contributed by atoms with Gasteiger partial charge in [-0.05, 0) is 55.3 Å². The Morgan fingerprint density at radius 1 is 1.19 bits per heavy atom. The summed E-state index contributed by atoms with van der Waals surface area (Å²) in [7, 11) is 0. The van der Waals surface area contributed by atoms with Crippen LogP contribution in [-0.2, 0) is 4.79 Å². The highest BCUT2D eigenvalue weighted by atomic mass is 32.1. The molecule has 0 atom stereocenters. The molecule has 0 aliphatic rings. The Balaban J connectivity index is 1.83. The molecule has 0 unspecified atom stereocenters. The van der Waals surface area contributed by atoms with Crippen molar-refractivity contribution >= 4 is 29.0 Å².